The maximum atomic E-state index is 12.3. The van der Waals surface area contributed by atoms with E-state index < -0.39 is 0 Å². The minimum Gasteiger partial charge on any atom is -0.497 e. The van der Waals surface area contributed by atoms with Crippen LogP contribution in [0.1, 0.15) is 10.5 Å². The Morgan fingerprint density at radius 1 is 1.04 bits per heavy atom. The van der Waals surface area contributed by atoms with Crippen LogP contribution in [0.2, 0.25) is 10.0 Å². The van der Waals surface area contributed by atoms with Crippen molar-refractivity contribution < 1.29 is 9.53 Å². The first-order chi connectivity index (χ1) is 12.5. The monoisotopic (exact) mass is 388 g/mol. The Hall–Kier alpha value is -2.83. The molecule has 132 valence electrons. The average molecular weight is 389 g/mol. The van der Waals surface area contributed by atoms with E-state index in [1.165, 1.54) is 0 Å². The molecule has 26 heavy (non-hydrogen) atoms. The third-order valence-corrected chi connectivity index (χ3v) is 3.97. The van der Waals surface area contributed by atoms with Crippen LogP contribution in [-0.2, 0) is 0 Å². The number of nitrogens with one attached hydrogen (secondary N) is 2. The van der Waals surface area contributed by atoms with Crippen LogP contribution in [-0.4, -0.2) is 23.2 Å². The van der Waals surface area contributed by atoms with E-state index in [0.29, 0.717) is 33.0 Å². The zero-order valence-electron chi connectivity index (χ0n) is 13.7. The molecule has 0 unspecified atom stereocenters. The molecule has 0 atom stereocenters. The molecule has 1 heterocycles. The molecule has 0 saturated carbocycles. The zero-order valence-corrected chi connectivity index (χ0v) is 15.2. The molecule has 3 rings (SSSR count). The fraction of sp³-hybridized carbons (Fsp3) is 0.0556. The van der Waals surface area contributed by atoms with Gasteiger partial charge in [-0.25, -0.2) is 0 Å². The molecule has 3 aromatic rings. The van der Waals surface area contributed by atoms with Gasteiger partial charge in [0.15, 0.2) is 11.5 Å². The lowest BCUT2D eigenvalue weighted by atomic mass is 10.3. The highest BCUT2D eigenvalue weighted by Gasteiger charge is 2.10. The number of carbonyl (C=O) groups excluding carboxylic acids is 1. The number of hydrogen-bond donors (Lipinski definition) is 2. The topological polar surface area (TPSA) is 76.1 Å². The molecule has 1 amide bonds. The highest BCUT2D eigenvalue weighted by molar-refractivity contribution is 6.36. The van der Waals surface area contributed by atoms with Crippen molar-refractivity contribution in [1.82, 2.24) is 10.2 Å². The second-order valence-electron chi connectivity index (χ2n) is 5.24. The molecule has 0 fully saturated rings. The second-order valence-corrected chi connectivity index (χ2v) is 6.08. The van der Waals surface area contributed by atoms with E-state index in [0.717, 1.165) is 0 Å². The van der Waals surface area contributed by atoms with Gasteiger partial charge in [-0.3, -0.25) is 4.79 Å². The number of rotatable bonds is 5. The summed E-state index contributed by atoms with van der Waals surface area (Å²) in [5, 5.41) is 14.7. The summed E-state index contributed by atoms with van der Waals surface area (Å²) in [6, 6.07) is 15.3. The molecule has 0 bridgehead atoms. The van der Waals surface area contributed by atoms with Gasteiger partial charge in [-0.05, 0) is 42.5 Å². The van der Waals surface area contributed by atoms with Crippen LogP contribution in [0.4, 0.5) is 17.2 Å². The van der Waals surface area contributed by atoms with Crippen LogP contribution in [0.25, 0.3) is 0 Å². The SMILES string of the molecule is COc1cccc(NC(=O)c2ccc(Nc3ccc(Cl)cc3Cl)nn2)c1. The highest BCUT2D eigenvalue weighted by Crippen LogP contribution is 2.27. The number of methoxy groups -OCH3 is 1. The molecule has 0 saturated heterocycles. The van der Waals surface area contributed by atoms with E-state index in [4.69, 9.17) is 27.9 Å². The molecule has 0 aliphatic rings. The Morgan fingerprint density at radius 2 is 1.88 bits per heavy atom. The predicted molar refractivity (Wildman–Crippen MR) is 103 cm³/mol. The van der Waals surface area contributed by atoms with E-state index in [1.807, 2.05) is 0 Å². The van der Waals surface area contributed by atoms with Crippen LogP contribution in [0.5, 0.6) is 5.75 Å². The summed E-state index contributed by atoms with van der Waals surface area (Å²) >= 11 is 12.0. The first kappa shape index (κ1) is 18.0. The van der Waals surface area contributed by atoms with Gasteiger partial charge >= 0.3 is 0 Å². The van der Waals surface area contributed by atoms with Crippen molar-refractivity contribution in [3.63, 3.8) is 0 Å². The fourth-order valence-electron chi connectivity index (χ4n) is 2.14. The number of amides is 1. The summed E-state index contributed by atoms with van der Waals surface area (Å²) in [6.45, 7) is 0. The molecule has 0 aliphatic carbocycles. The zero-order chi connectivity index (χ0) is 18.5. The van der Waals surface area contributed by atoms with Crippen LogP contribution in [0.3, 0.4) is 0 Å². The molecule has 0 spiro atoms. The number of aromatic nitrogens is 2. The van der Waals surface area contributed by atoms with Crippen molar-refractivity contribution in [2.45, 2.75) is 0 Å². The second kappa shape index (κ2) is 8.03. The molecule has 1 aromatic heterocycles. The Balaban J connectivity index is 1.69. The van der Waals surface area contributed by atoms with E-state index in [-0.39, 0.29) is 11.6 Å². The minimum absolute atomic E-state index is 0.181. The van der Waals surface area contributed by atoms with Crippen LogP contribution < -0.4 is 15.4 Å². The summed E-state index contributed by atoms with van der Waals surface area (Å²) in [6.07, 6.45) is 0. The normalized spacial score (nSPS) is 10.3. The van der Waals surface area contributed by atoms with Gasteiger partial charge in [-0.15, -0.1) is 10.2 Å². The van der Waals surface area contributed by atoms with Crippen molar-refractivity contribution in [2.75, 3.05) is 17.7 Å². The van der Waals surface area contributed by atoms with Gasteiger partial charge in [-0.2, -0.15) is 0 Å². The Bertz CT molecular complexity index is 933. The average Bonchev–Trinajstić information content (AvgIpc) is 2.64. The van der Waals surface area contributed by atoms with Crippen molar-refractivity contribution in [1.29, 1.82) is 0 Å². The molecule has 0 aliphatic heterocycles. The summed E-state index contributed by atoms with van der Waals surface area (Å²) in [5.74, 6) is 0.724. The molecule has 0 radical (unpaired) electrons. The summed E-state index contributed by atoms with van der Waals surface area (Å²) in [4.78, 5) is 12.3. The molecular weight excluding hydrogens is 375 g/mol. The number of anilines is 3. The fourth-order valence-corrected chi connectivity index (χ4v) is 2.60. The number of ether oxygens (including phenoxy) is 1. The van der Waals surface area contributed by atoms with Gasteiger partial charge < -0.3 is 15.4 Å². The number of carbonyl (C=O) groups is 1. The first-order valence-corrected chi connectivity index (χ1v) is 8.32. The summed E-state index contributed by atoms with van der Waals surface area (Å²) in [5.41, 5.74) is 1.42. The summed E-state index contributed by atoms with van der Waals surface area (Å²) in [7, 11) is 1.56. The Kier molecular flexibility index (Phi) is 5.55. The van der Waals surface area contributed by atoms with E-state index >= 15 is 0 Å². The lowest BCUT2D eigenvalue weighted by Crippen LogP contribution is -2.14. The first-order valence-electron chi connectivity index (χ1n) is 7.56. The van der Waals surface area contributed by atoms with Crippen molar-refractivity contribution in [2.24, 2.45) is 0 Å². The Labute approximate surface area is 160 Å². The van der Waals surface area contributed by atoms with Crippen molar-refractivity contribution >= 4 is 46.3 Å². The number of nitrogens with zero attached hydrogens (tertiary/aromatic N) is 2. The molecule has 2 aromatic carbocycles. The maximum Gasteiger partial charge on any atom is 0.276 e. The largest absolute Gasteiger partial charge is 0.497 e. The third kappa shape index (κ3) is 4.41. The third-order valence-electron chi connectivity index (χ3n) is 3.42. The smallest absolute Gasteiger partial charge is 0.276 e. The van der Waals surface area contributed by atoms with Crippen LogP contribution in [0, 0.1) is 0 Å². The summed E-state index contributed by atoms with van der Waals surface area (Å²) < 4.78 is 5.12. The van der Waals surface area contributed by atoms with Gasteiger partial charge in [0.1, 0.15) is 5.75 Å². The molecule has 8 heteroatoms. The maximum absolute atomic E-state index is 12.3. The van der Waals surface area contributed by atoms with Gasteiger partial charge in [0.25, 0.3) is 5.91 Å². The van der Waals surface area contributed by atoms with E-state index in [1.54, 1.807) is 61.7 Å². The van der Waals surface area contributed by atoms with Gasteiger partial charge in [-0.1, -0.05) is 29.3 Å². The standard InChI is InChI=1S/C18H14Cl2N4O2/c1-26-13-4-2-3-12(10-13)21-18(25)16-7-8-17(24-23-16)22-15-6-5-11(19)9-14(15)20/h2-10H,1H3,(H,21,25)(H,22,24). The van der Waals surface area contributed by atoms with E-state index in [2.05, 4.69) is 20.8 Å². The molecule has 6 nitrogen and oxygen atoms in total. The lowest BCUT2D eigenvalue weighted by Gasteiger charge is -2.08. The number of halogens is 2. The Morgan fingerprint density at radius 3 is 2.58 bits per heavy atom. The van der Waals surface area contributed by atoms with Gasteiger partial charge in [0.05, 0.1) is 17.8 Å². The van der Waals surface area contributed by atoms with Gasteiger partial charge in [0.2, 0.25) is 0 Å². The minimum atomic E-state index is -0.373. The number of benzene rings is 2. The molecular formula is C18H14Cl2N4O2. The lowest BCUT2D eigenvalue weighted by molar-refractivity contribution is 0.102. The highest BCUT2D eigenvalue weighted by atomic mass is 35.5. The quantitative estimate of drug-likeness (QED) is 0.656. The predicted octanol–water partition coefficient (Wildman–Crippen LogP) is 4.79. The molecule has 2 N–H and O–H groups in total. The van der Waals surface area contributed by atoms with Crippen LogP contribution >= 0.6 is 23.2 Å². The van der Waals surface area contributed by atoms with Gasteiger partial charge in [0, 0.05) is 16.8 Å². The van der Waals surface area contributed by atoms with Crippen molar-refractivity contribution in [3.8, 4) is 5.75 Å². The van der Waals surface area contributed by atoms with Crippen LogP contribution in [0.15, 0.2) is 54.6 Å². The number of hydrogen-bond acceptors (Lipinski definition) is 5. The van der Waals surface area contributed by atoms with Crippen molar-refractivity contribution in [3.05, 3.63) is 70.3 Å². The van der Waals surface area contributed by atoms with E-state index in [9.17, 15) is 4.79 Å².